The lowest BCUT2D eigenvalue weighted by Gasteiger charge is -2.30. The number of carbonyl (C=O) groups is 1. The third-order valence-corrected chi connectivity index (χ3v) is 5.36. The highest BCUT2D eigenvalue weighted by molar-refractivity contribution is 7.09. The third-order valence-electron chi connectivity index (χ3n) is 4.42. The van der Waals surface area contributed by atoms with Crippen molar-refractivity contribution in [3.05, 3.63) is 52.2 Å². The van der Waals surface area contributed by atoms with Crippen molar-refractivity contribution in [2.75, 3.05) is 33.3 Å². The molecule has 142 valence electrons. The Bertz CT molecular complexity index is 657. The van der Waals surface area contributed by atoms with Gasteiger partial charge in [-0.2, -0.15) is 0 Å². The van der Waals surface area contributed by atoms with Crippen molar-refractivity contribution in [3.8, 4) is 5.75 Å². The lowest BCUT2D eigenvalue weighted by atomic mass is 10.0. The Morgan fingerprint density at radius 3 is 2.65 bits per heavy atom. The standard InChI is InChI=1S/C20H29N3O2S/c1-4-23(5-2)19(16-8-6-9-17(14-16)25-3)15-22-20(24)21-12-11-18-10-7-13-26-18/h6-10,13-14,19H,4-5,11-12,15H2,1-3H3,(H2,21,22,24). The molecular weight excluding hydrogens is 346 g/mol. The summed E-state index contributed by atoms with van der Waals surface area (Å²) in [6.45, 7) is 7.30. The summed E-state index contributed by atoms with van der Waals surface area (Å²) < 4.78 is 5.35. The Labute approximate surface area is 160 Å². The van der Waals surface area contributed by atoms with Gasteiger partial charge in [-0.25, -0.2) is 4.79 Å². The molecule has 5 nitrogen and oxygen atoms in total. The van der Waals surface area contributed by atoms with Crippen molar-refractivity contribution in [1.82, 2.24) is 15.5 Å². The van der Waals surface area contributed by atoms with Crippen molar-refractivity contribution in [2.45, 2.75) is 26.3 Å². The smallest absolute Gasteiger partial charge is 0.314 e. The summed E-state index contributed by atoms with van der Waals surface area (Å²) >= 11 is 1.71. The molecule has 6 heteroatoms. The highest BCUT2D eigenvalue weighted by Gasteiger charge is 2.19. The molecule has 0 radical (unpaired) electrons. The Kier molecular flexibility index (Phi) is 8.44. The van der Waals surface area contributed by atoms with Crippen LogP contribution in [-0.4, -0.2) is 44.2 Å². The predicted octanol–water partition coefficient (Wildman–Crippen LogP) is 3.68. The summed E-state index contributed by atoms with van der Waals surface area (Å²) in [6, 6.07) is 12.2. The minimum atomic E-state index is -0.124. The van der Waals surface area contributed by atoms with Gasteiger partial charge in [0.05, 0.1) is 13.2 Å². The van der Waals surface area contributed by atoms with Gasteiger partial charge in [-0.05, 0) is 48.7 Å². The van der Waals surface area contributed by atoms with Crippen molar-refractivity contribution in [2.24, 2.45) is 0 Å². The van der Waals surface area contributed by atoms with Crippen molar-refractivity contribution in [1.29, 1.82) is 0 Å². The number of hydrogen-bond donors (Lipinski definition) is 2. The second-order valence-corrected chi connectivity index (χ2v) is 7.01. The van der Waals surface area contributed by atoms with Crippen LogP contribution in [0.5, 0.6) is 5.75 Å². The molecule has 0 aliphatic heterocycles. The minimum Gasteiger partial charge on any atom is -0.497 e. The molecule has 0 aliphatic carbocycles. The van der Waals surface area contributed by atoms with Gasteiger partial charge in [-0.15, -0.1) is 11.3 Å². The fourth-order valence-corrected chi connectivity index (χ4v) is 3.69. The number of ether oxygens (including phenoxy) is 1. The van der Waals surface area contributed by atoms with E-state index in [9.17, 15) is 4.79 Å². The fraction of sp³-hybridized carbons (Fsp3) is 0.450. The molecular formula is C20H29N3O2S. The van der Waals surface area contributed by atoms with Gasteiger partial charge < -0.3 is 15.4 Å². The van der Waals surface area contributed by atoms with Crippen LogP contribution in [0.25, 0.3) is 0 Å². The molecule has 2 aromatic rings. The van der Waals surface area contributed by atoms with Gasteiger partial charge >= 0.3 is 6.03 Å². The first kappa shape index (κ1) is 20.3. The van der Waals surface area contributed by atoms with Crippen molar-refractivity contribution in [3.63, 3.8) is 0 Å². The lowest BCUT2D eigenvalue weighted by molar-refractivity contribution is 0.206. The molecule has 1 unspecified atom stereocenters. The monoisotopic (exact) mass is 375 g/mol. The maximum absolute atomic E-state index is 12.2. The summed E-state index contributed by atoms with van der Waals surface area (Å²) in [7, 11) is 1.67. The van der Waals surface area contributed by atoms with Crippen LogP contribution in [0.2, 0.25) is 0 Å². The molecule has 0 spiro atoms. The first-order chi connectivity index (χ1) is 12.7. The lowest BCUT2D eigenvalue weighted by Crippen LogP contribution is -2.42. The molecule has 0 fully saturated rings. The van der Waals surface area contributed by atoms with E-state index in [1.807, 2.05) is 24.3 Å². The molecule has 0 aliphatic rings. The maximum atomic E-state index is 12.2. The largest absolute Gasteiger partial charge is 0.497 e. The van der Waals surface area contributed by atoms with Crippen LogP contribution in [-0.2, 0) is 6.42 Å². The van der Waals surface area contributed by atoms with E-state index in [4.69, 9.17) is 4.74 Å². The number of rotatable bonds is 10. The Morgan fingerprint density at radius 2 is 2.00 bits per heavy atom. The number of carbonyl (C=O) groups excluding carboxylic acids is 1. The summed E-state index contributed by atoms with van der Waals surface area (Å²) in [4.78, 5) is 15.8. The average Bonchev–Trinajstić information content (AvgIpc) is 3.18. The highest BCUT2D eigenvalue weighted by Crippen LogP contribution is 2.23. The molecule has 0 saturated carbocycles. The van der Waals surface area contributed by atoms with E-state index in [2.05, 4.69) is 46.9 Å². The van der Waals surface area contributed by atoms with Crippen LogP contribution in [0.4, 0.5) is 4.79 Å². The van der Waals surface area contributed by atoms with Gasteiger partial charge in [0.25, 0.3) is 0 Å². The summed E-state index contributed by atoms with van der Waals surface area (Å²) in [5.74, 6) is 0.833. The van der Waals surface area contributed by atoms with Crippen LogP contribution in [0.15, 0.2) is 41.8 Å². The summed E-state index contributed by atoms with van der Waals surface area (Å²) in [6.07, 6.45) is 0.862. The molecule has 26 heavy (non-hydrogen) atoms. The van der Waals surface area contributed by atoms with E-state index in [-0.39, 0.29) is 12.1 Å². The number of urea groups is 1. The number of nitrogens with one attached hydrogen (secondary N) is 2. The molecule has 0 saturated heterocycles. The van der Waals surface area contributed by atoms with Gasteiger partial charge in [0.1, 0.15) is 5.75 Å². The number of likely N-dealkylation sites (N-methyl/N-ethyl adjacent to an activating group) is 1. The molecule has 1 heterocycles. The molecule has 1 aromatic heterocycles. The third kappa shape index (κ3) is 6.04. The second kappa shape index (κ2) is 10.8. The number of thiophene rings is 1. The average molecular weight is 376 g/mol. The van der Waals surface area contributed by atoms with E-state index >= 15 is 0 Å². The molecule has 1 atom stereocenters. The molecule has 1 aromatic carbocycles. The van der Waals surface area contributed by atoms with Crippen molar-refractivity contribution < 1.29 is 9.53 Å². The van der Waals surface area contributed by atoms with Gasteiger partial charge in [0.2, 0.25) is 0 Å². The van der Waals surface area contributed by atoms with Crippen LogP contribution in [0, 0.1) is 0 Å². The first-order valence-corrected chi connectivity index (χ1v) is 9.98. The van der Waals surface area contributed by atoms with Gasteiger partial charge in [0.15, 0.2) is 0 Å². The topological polar surface area (TPSA) is 53.6 Å². The molecule has 2 N–H and O–H groups in total. The van der Waals surface area contributed by atoms with Crippen molar-refractivity contribution >= 4 is 17.4 Å². The number of nitrogens with zero attached hydrogens (tertiary/aromatic N) is 1. The summed E-state index contributed by atoms with van der Waals surface area (Å²) in [5.41, 5.74) is 1.15. The van der Waals surface area contributed by atoms with Crippen LogP contribution < -0.4 is 15.4 Å². The molecule has 2 rings (SSSR count). The minimum absolute atomic E-state index is 0.114. The fourth-order valence-electron chi connectivity index (χ4n) is 2.98. The SMILES string of the molecule is CCN(CC)C(CNC(=O)NCCc1cccs1)c1cccc(OC)c1. The van der Waals surface area contributed by atoms with Gasteiger partial charge in [-0.1, -0.05) is 32.0 Å². The zero-order valence-corrected chi connectivity index (χ0v) is 16.6. The molecule has 0 bridgehead atoms. The van der Waals surface area contributed by atoms with E-state index in [1.54, 1.807) is 18.4 Å². The first-order valence-electron chi connectivity index (χ1n) is 9.10. The normalized spacial score (nSPS) is 12.0. The van der Waals surface area contributed by atoms with E-state index in [0.29, 0.717) is 13.1 Å². The number of amides is 2. The Hall–Kier alpha value is -2.05. The van der Waals surface area contributed by atoms with Gasteiger partial charge in [-0.3, -0.25) is 4.90 Å². The zero-order valence-electron chi connectivity index (χ0n) is 15.8. The Balaban J connectivity index is 1.92. The van der Waals surface area contributed by atoms with Crippen LogP contribution in [0.3, 0.4) is 0 Å². The zero-order chi connectivity index (χ0) is 18.8. The molecule has 2 amide bonds. The highest BCUT2D eigenvalue weighted by atomic mass is 32.1. The maximum Gasteiger partial charge on any atom is 0.314 e. The number of benzene rings is 1. The predicted molar refractivity (Wildman–Crippen MR) is 108 cm³/mol. The van der Waals surface area contributed by atoms with E-state index < -0.39 is 0 Å². The number of hydrogen-bond acceptors (Lipinski definition) is 4. The van der Waals surface area contributed by atoms with Crippen LogP contribution in [0.1, 0.15) is 30.3 Å². The van der Waals surface area contributed by atoms with E-state index in [1.165, 1.54) is 4.88 Å². The summed E-state index contributed by atoms with van der Waals surface area (Å²) in [5, 5.41) is 8.01. The van der Waals surface area contributed by atoms with Gasteiger partial charge in [0, 0.05) is 18.0 Å². The second-order valence-electron chi connectivity index (χ2n) is 5.98. The van der Waals surface area contributed by atoms with E-state index in [0.717, 1.165) is 30.8 Å². The Morgan fingerprint density at radius 1 is 1.19 bits per heavy atom. The van der Waals surface area contributed by atoms with Crippen LogP contribution >= 0.6 is 11.3 Å². The number of methoxy groups -OCH3 is 1. The quantitative estimate of drug-likeness (QED) is 0.666.